The molecule has 3 rings (SSSR count). The summed E-state index contributed by atoms with van der Waals surface area (Å²) >= 11 is 0. The molecule has 0 bridgehead atoms. The van der Waals surface area contributed by atoms with E-state index in [0.717, 1.165) is 25.0 Å². The molecular formula is C15H18O3. The van der Waals surface area contributed by atoms with Crippen LogP contribution >= 0.6 is 0 Å². The third kappa shape index (κ3) is 2.34. The summed E-state index contributed by atoms with van der Waals surface area (Å²) in [7, 11) is 0. The third-order valence-electron chi connectivity index (χ3n) is 3.67. The molecule has 18 heavy (non-hydrogen) atoms. The van der Waals surface area contributed by atoms with Gasteiger partial charge >= 0.3 is 0 Å². The minimum atomic E-state index is -0.550. The number of benzene rings is 1. The molecule has 0 spiro atoms. The van der Waals surface area contributed by atoms with Crippen LogP contribution in [0.1, 0.15) is 24.5 Å². The highest BCUT2D eigenvalue weighted by molar-refractivity contribution is 5.25. The number of rotatable bonds is 2. The molecule has 0 aliphatic carbocycles. The van der Waals surface area contributed by atoms with Crippen molar-refractivity contribution in [2.24, 2.45) is 5.92 Å². The van der Waals surface area contributed by atoms with E-state index in [0.29, 0.717) is 12.5 Å². The van der Waals surface area contributed by atoms with Crippen molar-refractivity contribution in [2.45, 2.75) is 25.2 Å². The second-order valence-electron chi connectivity index (χ2n) is 4.90. The first kappa shape index (κ1) is 11.9. The van der Waals surface area contributed by atoms with E-state index in [9.17, 15) is 5.11 Å². The van der Waals surface area contributed by atoms with Gasteiger partial charge in [-0.05, 0) is 30.1 Å². The maximum atomic E-state index is 10.2. The summed E-state index contributed by atoms with van der Waals surface area (Å²) < 4.78 is 11.2. The lowest BCUT2D eigenvalue weighted by molar-refractivity contribution is -0.150. The largest absolute Gasteiger partial charge is 0.384 e. The summed E-state index contributed by atoms with van der Waals surface area (Å²) in [4.78, 5) is 0. The molecule has 1 aromatic rings. The van der Waals surface area contributed by atoms with Crippen LogP contribution in [0.5, 0.6) is 0 Å². The summed E-state index contributed by atoms with van der Waals surface area (Å²) in [6.45, 7) is 1.37. The fourth-order valence-electron chi connectivity index (χ4n) is 2.69. The quantitative estimate of drug-likeness (QED) is 0.814. The lowest BCUT2D eigenvalue weighted by Crippen LogP contribution is -2.26. The molecule has 3 atom stereocenters. The SMILES string of the molecule is OC(/C=C1/COC2OCCCC12)c1ccccc1. The minimum Gasteiger partial charge on any atom is -0.384 e. The van der Waals surface area contributed by atoms with E-state index in [-0.39, 0.29) is 6.29 Å². The van der Waals surface area contributed by atoms with Crippen LogP contribution in [0.2, 0.25) is 0 Å². The van der Waals surface area contributed by atoms with Crippen molar-refractivity contribution in [1.82, 2.24) is 0 Å². The second kappa shape index (κ2) is 5.22. The Hall–Kier alpha value is -1.16. The highest BCUT2D eigenvalue weighted by atomic mass is 16.7. The molecule has 2 aliphatic rings. The lowest BCUT2D eigenvalue weighted by Gasteiger charge is -2.24. The summed E-state index contributed by atoms with van der Waals surface area (Å²) in [5.41, 5.74) is 2.10. The maximum absolute atomic E-state index is 10.2. The Morgan fingerprint density at radius 1 is 1.22 bits per heavy atom. The molecule has 0 radical (unpaired) electrons. The number of aliphatic hydroxyl groups excluding tert-OH is 1. The van der Waals surface area contributed by atoms with Gasteiger partial charge in [-0.3, -0.25) is 0 Å². The van der Waals surface area contributed by atoms with Gasteiger partial charge in [0.2, 0.25) is 0 Å². The molecule has 2 heterocycles. The van der Waals surface area contributed by atoms with Gasteiger partial charge in [-0.15, -0.1) is 0 Å². The highest BCUT2D eigenvalue weighted by Crippen LogP contribution is 2.35. The molecule has 2 aliphatic heterocycles. The van der Waals surface area contributed by atoms with Gasteiger partial charge in [-0.25, -0.2) is 0 Å². The molecule has 3 nitrogen and oxygen atoms in total. The Balaban J connectivity index is 1.76. The summed E-state index contributed by atoms with van der Waals surface area (Å²) in [6.07, 6.45) is 3.45. The van der Waals surface area contributed by atoms with Gasteiger partial charge in [-0.2, -0.15) is 0 Å². The van der Waals surface area contributed by atoms with Gasteiger partial charge in [0.1, 0.15) is 0 Å². The average molecular weight is 246 g/mol. The van der Waals surface area contributed by atoms with Crippen molar-refractivity contribution in [3.63, 3.8) is 0 Å². The molecule has 3 unspecified atom stereocenters. The van der Waals surface area contributed by atoms with Crippen molar-refractivity contribution in [2.75, 3.05) is 13.2 Å². The molecule has 2 saturated heterocycles. The normalized spacial score (nSPS) is 31.3. The Morgan fingerprint density at radius 2 is 2.06 bits per heavy atom. The molecule has 2 fully saturated rings. The van der Waals surface area contributed by atoms with Crippen LogP contribution in [0, 0.1) is 5.92 Å². The Morgan fingerprint density at radius 3 is 2.89 bits per heavy atom. The number of hydrogen-bond acceptors (Lipinski definition) is 3. The van der Waals surface area contributed by atoms with Crippen molar-refractivity contribution < 1.29 is 14.6 Å². The zero-order valence-corrected chi connectivity index (χ0v) is 10.3. The third-order valence-corrected chi connectivity index (χ3v) is 3.67. The number of hydrogen-bond donors (Lipinski definition) is 1. The van der Waals surface area contributed by atoms with Crippen LogP contribution in [0.3, 0.4) is 0 Å². The van der Waals surface area contributed by atoms with Crippen molar-refractivity contribution in [3.8, 4) is 0 Å². The molecule has 1 aromatic carbocycles. The Labute approximate surface area is 107 Å². The molecule has 96 valence electrons. The van der Waals surface area contributed by atoms with Crippen LogP contribution in [-0.4, -0.2) is 24.6 Å². The molecule has 0 saturated carbocycles. The maximum Gasteiger partial charge on any atom is 0.164 e. The highest BCUT2D eigenvalue weighted by Gasteiger charge is 2.35. The van der Waals surface area contributed by atoms with E-state index in [4.69, 9.17) is 9.47 Å². The first-order valence-electron chi connectivity index (χ1n) is 6.51. The summed E-state index contributed by atoms with van der Waals surface area (Å²) in [5.74, 6) is 0.331. The standard InChI is InChI=1S/C15H18O3/c16-14(11-5-2-1-3-6-11)9-12-10-18-15-13(12)7-4-8-17-15/h1-3,5-6,9,13-16H,4,7-8,10H2/b12-9-. The van der Waals surface area contributed by atoms with E-state index >= 15 is 0 Å². The van der Waals surface area contributed by atoms with Crippen LogP contribution in [0.25, 0.3) is 0 Å². The van der Waals surface area contributed by atoms with Gasteiger partial charge < -0.3 is 14.6 Å². The van der Waals surface area contributed by atoms with E-state index < -0.39 is 6.10 Å². The number of fused-ring (bicyclic) bond motifs is 1. The van der Waals surface area contributed by atoms with E-state index in [1.807, 2.05) is 36.4 Å². The van der Waals surface area contributed by atoms with Gasteiger partial charge in [0.25, 0.3) is 0 Å². The van der Waals surface area contributed by atoms with Crippen LogP contribution < -0.4 is 0 Å². The molecular weight excluding hydrogens is 228 g/mol. The first-order valence-corrected chi connectivity index (χ1v) is 6.51. The van der Waals surface area contributed by atoms with Gasteiger partial charge in [0.15, 0.2) is 6.29 Å². The number of aliphatic hydroxyl groups is 1. The average Bonchev–Trinajstić information content (AvgIpc) is 2.83. The number of ether oxygens (including phenoxy) is 2. The van der Waals surface area contributed by atoms with Gasteiger partial charge in [-0.1, -0.05) is 30.3 Å². The fourth-order valence-corrected chi connectivity index (χ4v) is 2.69. The van der Waals surface area contributed by atoms with Gasteiger partial charge in [0, 0.05) is 12.5 Å². The van der Waals surface area contributed by atoms with Crippen LogP contribution in [-0.2, 0) is 9.47 Å². The van der Waals surface area contributed by atoms with Crippen molar-refractivity contribution in [1.29, 1.82) is 0 Å². The Bertz CT molecular complexity index is 427. The van der Waals surface area contributed by atoms with Crippen LogP contribution in [0.15, 0.2) is 42.0 Å². The molecule has 0 amide bonds. The summed E-state index contributed by atoms with van der Waals surface area (Å²) in [6, 6.07) is 9.70. The molecule has 0 aromatic heterocycles. The second-order valence-corrected chi connectivity index (χ2v) is 4.90. The predicted molar refractivity (Wildman–Crippen MR) is 67.9 cm³/mol. The first-order chi connectivity index (χ1) is 8.84. The fraction of sp³-hybridized carbons (Fsp3) is 0.467. The predicted octanol–water partition coefficient (Wildman–Crippen LogP) is 2.43. The zero-order chi connectivity index (χ0) is 12.4. The minimum absolute atomic E-state index is 0.0898. The lowest BCUT2D eigenvalue weighted by atomic mass is 9.92. The monoisotopic (exact) mass is 246 g/mol. The molecule has 1 N–H and O–H groups in total. The van der Waals surface area contributed by atoms with E-state index in [1.165, 1.54) is 5.57 Å². The topological polar surface area (TPSA) is 38.7 Å². The van der Waals surface area contributed by atoms with Crippen LogP contribution in [0.4, 0.5) is 0 Å². The van der Waals surface area contributed by atoms with Gasteiger partial charge in [0.05, 0.1) is 12.7 Å². The molecule has 3 heteroatoms. The van der Waals surface area contributed by atoms with Crippen molar-refractivity contribution in [3.05, 3.63) is 47.5 Å². The Kier molecular flexibility index (Phi) is 3.46. The smallest absolute Gasteiger partial charge is 0.164 e. The van der Waals surface area contributed by atoms with E-state index in [2.05, 4.69) is 0 Å². The van der Waals surface area contributed by atoms with E-state index in [1.54, 1.807) is 0 Å². The zero-order valence-electron chi connectivity index (χ0n) is 10.3. The van der Waals surface area contributed by atoms with Crippen molar-refractivity contribution >= 4 is 0 Å². The summed E-state index contributed by atoms with van der Waals surface area (Å²) in [5, 5.41) is 10.2.